The van der Waals surface area contributed by atoms with E-state index < -0.39 is 0 Å². The molecule has 0 amide bonds. The number of hydrogen-bond acceptors (Lipinski definition) is 2. The molecule has 0 aromatic carbocycles. The van der Waals surface area contributed by atoms with Crippen molar-refractivity contribution in [3.63, 3.8) is 0 Å². The van der Waals surface area contributed by atoms with E-state index in [1.54, 1.807) is 0 Å². The maximum Gasteiger partial charge on any atom is 0.132 e. The number of rotatable bonds is 1. The second-order valence-corrected chi connectivity index (χ2v) is 1.92. The lowest BCUT2D eigenvalue weighted by Crippen LogP contribution is -2.21. The van der Waals surface area contributed by atoms with E-state index in [2.05, 4.69) is 18.1 Å². The van der Waals surface area contributed by atoms with Crippen LogP contribution in [0.2, 0.25) is 0 Å². The first-order chi connectivity index (χ1) is 4.38. The van der Waals surface area contributed by atoms with Crippen LogP contribution in [0.25, 0.3) is 0 Å². The minimum Gasteiger partial charge on any atom is -0.335 e. The van der Waals surface area contributed by atoms with Crippen LogP contribution in [0.15, 0.2) is 17.4 Å². The van der Waals surface area contributed by atoms with E-state index in [1.165, 1.54) is 0 Å². The molecule has 1 aliphatic rings. The Bertz CT molecular complexity index is 148. The second kappa shape index (κ2) is 2.53. The minimum absolute atomic E-state index is 0.879. The zero-order valence-corrected chi connectivity index (χ0v) is 5.54. The topological polar surface area (TPSA) is 41.6 Å². The summed E-state index contributed by atoms with van der Waals surface area (Å²) in [6, 6.07) is 0. The summed E-state index contributed by atoms with van der Waals surface area (Å²) in [5.41, 5.74) is 0. The lowest BCUT2D eigenvalue weighted by Gasteiger charge is -2.11. The van der Waals surface area contributed by atoms with E-state index in [-0.39, 0.29) is 0 Å². The first kappa shape index (κ1) is 6.13. The summed E-state index contributed by atoms with van der Waals surface area (Å²) in [5.74, 6) is 6.06. The van der Waals surface area contributed by atoms with Gasteiger partial charge in [0.1, 0.15) is 5.84 Å². The summed E-state index contributed by atoms with van der Waals surface area (Å²) in [5, 5.41) is 3.62. The Morgan fingerprint density at radius 2 is 2.67 bits per heavy atom. The zero-order valence-electron chi connectivity index (χ0n) is 5.54. The lowest BCUT2D eigenvalue weighted by atomic mass is 10.4. The SMILES string of the molecule is CCN1C=CCC1=NN. The Labute approximate surface area is 54.8 Å². The highest BCUT2D eigenvalue weighted by molar-refractivity contribution is 5.86. The van der Waals surface area contributed by atoms with Crippen LogP contribution in [-0.4, -0.2) is 17.3 Å². The van der Waals surface area contributed by atoms with Crippen molar-refractivity contribution in [3.05, 3.63) is 12.3 Å². The largest absolute Gasteiger partial charge is 0.335 e. The Morgan fingerprint density at radius 1 is 1.89 bits per heavy atom. The van der Waals surface area contributed by atoms with E-state index in [4.69, 9.17) is 5.84 Å². The van der Waals surface area contributed by atoms with Gasteiger partial charge >= 0.3 is 0 Å². The Balaban J connectivity index is 2.60. The van der Waals surface area contributed by atoms with Crippen LogP contribution in [0.5, 0.6) is 0 Å². The normalized spacial score (nSPS) is 21.9. The molecule has 3 nitrogen and oxygen atoms in total. The molecule has 0 aromatic rings. The van der Waals surface area contributed by atoms with Gasteiger partial charge in [0.05, 0.1) is 0 Å². The predicted octanol–water partition coefficient (Wildman–Crippen LogP) is 0.498. The van der Waals surface area contributed by atoms with Crippen molar-refractivity contribution in [1.82, 2.24) is 4.90 Å². The standard InChI is InChI=1S/C6H11N3/c1-2-9-5-3-4-6(9)8-7/h3,5H,2,4,7H2,1H3. The molecule has 0 unspecified atom stereocenters. The molecule has 1 rings (SSSR count). The summed E-state index contributed by atoms with van der Waals surface area (Å²) in [6.45, 7) is 3.02. The van der Waals surface area contributed by atoms with E-state index in [0.29, 0.717) is 0 Å². The molecule has 0 spiro atoms. The van der Waals surface area contributed by atoms with Gasteiger partial charge in [0, 0.05) is 19.2 Å². The highest BCUT2D eigenvalue weighted by Gasteiger charge is 2.08. The van der Waals surface area contributed by atoms with Gasteiger partial charge in [-0.15, -0.1) is 0 Å². The molecule has 1 aliphatic heterocycles. The van der Waals surface area contributed by atoms with Gasteiger partial charge in [-0.1, -0.05) is 6.08 Å². The average Bonchev–Trinajstić information content (AvgIpc) is 2.33. The van der Waals surface area contributed by atoms with E-state index in [9.17, 15) is 0 Å². The van der Waals surface area contributed by atoms with Crippen LogP contribution < -0.4 is 5.84 Å². The fraction of sp³-hybridized carbons (Fsp3) is 0.500. The summed E-state index contributed by atoms with van der Waals surface area (Å²) in [6.07, 6.45) is 4.94. The van der Waals surface area contributed by atoms with Gasteiger partial charge in [-0.3, -0.25) is 0 Å². The van der Waals surface area contributed by atoms with Crippen LogP contribution >= 0.6 is 0 Å². The quantitative estimate of drug-likeness (QED) is 0.409. The number of nitrogens with two attached hydrogens (primary N) is 1. The fourth-order valence-electron chi connectivity index (χ4n) is 0.903. The highest BCUT2D eigenvalue weighted by Crippen LogP contribution is 2.05. The molecular weight excluding hydrogens is 114 g/mol. The molecule has 0 aliphatic carbocycles. The maximum atomic E-state index is 5.11. The number of amidine groups is 1. The van der Waals surface area contributed by atoms with Crippen molar-refractivity contribution in [2.75, 3.05) is 6.54 Å². The van der Waals surface area contributed by atoms with Crippen LogP contribution in [0.4, 0.5) is 0 Å². The van der Waals surface area contributed by atoms with Crippen LogP contribution in [0, 0.1) is 0 Å². The van der Waals surface area contributed by atoms with E-state index in [1.807, 2.05) is 11.1 Å². The number of hydrogen-bond donors (Lipinski definition) is 1. The first-order valence-corrected chi connectivity index (χ1v) is 3.08. The number of nitrogens with zero attached hydrogens (tertiary/aromatic N) is 2. The first-order valence-electron chi connectivity index (χ1n) is 3.08. The minimum atomic E-state index is 0.879. The molecule has 1 heterocycles. The van der Waals surface area contributed by atoms with Crippen molar-refractivity contribution in [3.8, 4) is 0 Å². The van der Waals surface area contributed by atoms with Gasteiger partial charge in [-0.25, -0.2) is 0 Å². The molecule has 0 atom stereocenters. The third-order valence-corrected chi connectivity index (χ3v) is 1.41. The van der Waals surface area contributed by atoms with Crippen molar-refractivity contribution in [2.24, 2.45) is 10.9 Å². The molecule has 0 fully saturated rings. The molecule has 2 N–H and O–H groups in total. The van der Waals surface area contributed by atoms with Gasteiger partial charge < -0.3 is 10.7 Å². The predicted molar refractivity (Wildman–Crippen MR) is 37.8 cm³/mol. The smallest absolute Gasteiger partial charge is 0.132 e. The Kier molecular flexibility index (Phi) is 1.72. The third kappa shape index (κ3) is 1.04. The van der Waals surface area contributed by atoms with Crippen LogP contribution in [0.1, 0.15) is 13.3 Å². The molecule has 50 valence electrons. The van der Waals surface area contributed by atoms with Crippen LogP contribution in [-0.2, 0) is 0 Å². The van der Waals surface area contributed by atoms with Gasteiger partial charge in [0.2, 0.25) is 0 Å². The van der Waals surface area contributed by atoms with Gasteiger partial charge in [-0.05, 0) is 6.92 Å². The summed E-state index contributed by atoms with van der Waals surface area (Å²) < 4.78 is 0. The fourth-order valence-corrected chi connectivity index (χ4v) is 0.903. The van der Waals surface area contributed by atoms with Crippen molar-refractivity contribution in [1.29, 1.82) is 0 Å². The van der Waals surface area contributed by atoms with E-state index >= 15 is 0 Å². The third-order valence-electron chi connectivity index (χ3n) is 1.41. The van der Waals surface area contributed by atoms with Gasteiger partial charge in [0.15, 0.2) is 0 Å². The zero-order chi connectivity index (χ0) is 6.69. The molecule has 9 heavy (non-hydrogen) atoms. The van der Waals surface area contributed by atoms with Gasteiger partial charge in [-0.2, -0.15) is 5.10 Å². The van der Waals surface area contributed by atoms with Gasteiger partial charge in [0.25, 0.3) is 0 Å². The van der Waals surface area contributed by atoms with Crippen molar-refractivity contribution >= 4 is 5.84 Å². The average molecular weight is 125 g/mol. The molecule has 0 saturated carbocycles. The summed E-state index contributed by atoms with van der Waals surface area (Å²) in [7, 11) is 0. The van der Waals surface area contributed by atoms with Crippen molar-refractivity contribution in [2.45, 2.75) is 13.3 Å². The Morgan fingerprint density at radius 3 is 3.11 bits per heavy atom. The van der Waals surface area contributed by atoms with E-state index in [0.717, 1.165) is 18.8 Å². The molecule has 0 radical (unpaired) electrons. The lowest BCUT2D eigenvalue weighted by molar-refractivity contribution is 0.595. The molecule has 0 aromatic heterocycles. The molecule has 0 bridgehead atoms. The second-order valence-electron chi connectivity index (χ2n) is 1.92. The number of hydrazone groups is 1. The monoisotopic (exact) mass is 125 g/mol. The summed E-state index contributed by atoms with van der Waals surface area (Å²) >= 11 is 0. The van der Waals surface area contributed by atoms with Crippen molar-refractivity contribution < 1.29 is 0 Å². The Hall–Kier alpha value is -0.990. The highest BCUT2D eigenvalue weighted by atomic mass is 15.3. The molecule has 0 saturated heterocycles. The maximum absolute atomic E-state index is 5.11. The summed E-state index contributed by atoms with van der Waals surface area (Å²) in [4.78, 5) is 2.03. The molecular formula is C6H11N3. The molecule has 3 heteroatoms. The van der Waals surface area contributed by atoms with Crippen LogP contribution in [0.3, 0.4) is 0 Å².